The topological polar surface area (TPSA) is 0 Å². The van der Waals surface area contributed by atoms with Crippen molar-refractivity contribution in [2.45, 2.75) is 38.6 Å². The molecule has 1 fully saturated rings. The molecule has 4 heteroatoms. The molecule has 0 amide bonds. The Bertz CT molecular complexity index is 372. The van der Waals surface area contributed by atoms with Crippen LogP contribution < -0.4 is 0 Å². The van der Waals surface area contributed by atoms with Crippen molar-refractivity contribution in [2.24, 2.45) is 0 Å². The van der Waals surface area contributed by atoms with Gasteiger partial charge in [0.15, 0.2) is 0 Å². The number of halogens is 2. The maximum atomic E-state index is 3.84. The Balaban J connectivity index is 2.09. The van der Waals surface area contributed by atoms with Gasteiger partial charge >= 0.3 is 0 Å². The molecule has 2 rings (SSSR count). The van der Waals surface area contributed by atoms with Crippen LogP contribution in [0.4, 0.5) is 0 Å². The van der Waals surface area contributed by atoms with Crippen molar-refractivity contribution >= 4 is 51.7 Å². The van der Waals surface area contributed by atoms with Gasteiger partial charge < -0.3 is 0 Å². The summed E-state index contributed by atoms with van der Waals surface area (Å²) >= 11 is 9.68. The van der Waals surface area contributed by atoms with Crippen LogP contribution >= 0.6 is 43.6 Å². The Morgan fingerprint density at radius 1 is 1.12 bits per heavy atom. The van der Waals surface area contributed by atoms with E-state index in [1.165, 1.54) is 4.90 Å². The van der Waals surface area contributed by atoms with E-state index < -0.39 is 8.07 Å². The van der Waals surface area contributed by atoms with Gasteiger partial charge in [0.25, 0.3) is 0 Å². The minimum absolute atomic E-state index is 0.172. The van der Waals surface area contributed by atoms with Crippen molar-refractivity contribution in [3.05, 3.63) is 30.3 Å². The van der Waals surface area contributed by atoms with Crippen LogP contribution in [-0.2, 0) is 0 Å². The van der Waals surface area contributed by atoms with Crippen LogP contribution in [0.1, 0.15) is 0 Å². The van der Waals surface area contributed by atoms with E-state index in [1.807, 2.05) is 11.8 Å². The molecule has 1 aromatic rings. The Hall–Kier alpha value is 0.747. The number of alkyl halides is 2. The average Bonchev–Trinajstić information content (AvgIpc) is 2.69. The van der Waals surface area contributed by atoms with Crippen molar-refractivity contribution in [1.29, 1.82) is 0 Å². The molecule has 0 nitrogen and oxygen atoms in total. The Kier molecular flexibility index (Phi) is 3.67. The Morgan fingerprint density at radius 2 is 1.69 bits per heavy atom. The Labute approximate surface area is 120 Å². The minimum atomic E-state index is -1.09. The third kappa shape index (κ3) is 2.60. The van der Waals surface area contributed by atoms with E-state index in [4.69, 9.17) is 0 Å². The summed E-state index contributed by atoms with van der Waals surface area (Å²) in [4.78, 5) is 1.37. The van der Waals surface area contributed by atoms with Gasteiger partial charge in [-0.1, -0.05) is 69.7 Å². The lowest BCUT2D eigenvalue weighted by Gasteiger charge is -2.15. The fraction of sp³-hybridized carbons (Fsp3) is 0.500. The second-order valence-corrected chi connectivity index (χ2v) is 15.6. The van der Waals surface area contributed by atoms with Gasteiger partial charge in [0.05, 0.1) is 11.3 Å². The molecule has 0 bridgehead atoms. The lowest BCUT2D eigenvalue weighted by molar-refractivity contribution is 1.32. The summed E-state index contributed by atoms with van der Waals surface area (Å²) in [6.07, 6.45) is 0. The normalized spacial score (nSPS) is 27.8. The Morgan fingerprint density at radius 3 is 2.12 bits per heavy atom. The fourth-order valence-electron chi connectivity index (χ4n) is 2.12. The molecule has 2 atom stereocenters. The third-order valence-electron chi connectivity index (χ3n) is 2.93. The summed E-state index contributed by atoms with van der Waals surface area (Å²) < 4.78 is 0.172. The molecule has 0 N–H and O–H groups in total. The van der Waals surface area contributed by atoms with E-state index in [2.05, 4.69) is 81.8 Å². The maximum absolute atomic E-state index is 3.84. The maximum Gasteiger partial charge on any atom is 0.0943 e. The van der Waals surface area contributed by atoms with Crippen molar-refractivity contribution in [2.75, 3.05) is 0 Å². The van der Waals surface area contributed by atoms with Gasteiger partial charge in [0, 0.05) is 10.1 Å². The van der Waals surface area contributed by atoms with E-state index in [0.29, 0.717) is 5.25 Å². The average molecular weight is 380 g/mol. The molecule has 0 spiro atoms. The van der Waals surface area contributed by atoms with Gasteiger partial charge in [0.2, 0.25) is 0 Å². The number of thioether (sulfide) groups is 1. The first-order valence-corrected chi connectivity index (χ1v) is 11.5. The first-order valence-electron chi connectivity index (χ1n) is 5.43. The number of rotatable bonds is 3. The zero-order valence-corrected chi connectivity index (χ0v) is 14.7. The zero-order valence-electron chi connectivity index (χ0n) is 9.71. The highest BCUT2D eigenvalue weighted by molar-refractivity contribution is 9.25. The lowest BCUT2D eigenvalue weighted by Crippen LogP contribution is -2.22. The molecule has 0 radical (unpaired) electrons. The molecule has 1 aliphatic rings. The predicted molar refractivity (Wildman–Crippen MR) is 83.8 cm³/mol. The van der Waals surface area contributed by atoms with E-state index in [9.17, 15) is 0 Å². The standard InChI is InChI=1S/C12H16Br2SSi/c1-16(2,3)11-10(12(11,13)14)15-9-7-5-4-6-8-9/h4-8,10-11H,1-3H3/t10-,11-/m0/s1. The van der Waals surface area contributed by atoms with E-state index in [0.717, 1.165) is 5.54 Å². The van der Waals surface area contributed by atoms with Gasteiger partial charge in [-0.2, -0.15) is 0 Å². The zero-order chi connectivity index (χ0) is 12.0. The van der Waals surface area contributed by atoms with Crippen LogP contribution in [0.3, 0.4) is 0 Å². The summed E-state index contributed by atoms with van der Waals surface area (Å²) in [6, 6.07) is 10.7. The summed E-state index contributed by atoms with van der Waals surface area (Å²) in [5, 5.41) is 0.668. The highest BCUT2D eigenvalue weighted by Crippen LogP contribution is 2.71. The molecular formula is C12H16Br2SSi. The molecule has 0 unspecified atom stereocenters. The quantitative estimate of drug-likeness (QED) is 0.503. The lowest BCUT2D eigenvalue weighted by atomic mass is 10.4. The van der Waals surface area contributed by atoms with Crippen molar-refractivity contribution < 1.29 is 0 Å². The second-order valence-electron chi connectivity index (χ2n) is 5.37. The molecule has 1 saturated carbocycles. The fourth-order valence-corrected chi connectivity index (χ4v) is 13.6. The van der Waals surface area contributed by atoms with E-state index in [-0.39, 0.29) is 3.23 Å². The minimum Gasteiger partial charge on any atom is -0.120 e. The van der Waals surface area contributed by atoms with Crippen LogP contribution in [0.25, 0.3) is 0 Å². The van der Waals surface area contributed by atoms with E-state index in [1.54, 1.807) is 0 Å². The van der Waals surface area contributed by atoms with E-state index >= 15 is 0 Å². The molecule has 1 aromatic carbocycles. The first kappa shape index (κ1) is 13.2. The summed E-state index contributed by atoms with van der Waals surface area (Å²) in [5.74, 6) is 0. The SMILES string of the molecule is C[Si](C)(C)[C@H]1[C@H](Sc2ccccc2)C1(Br)Br. The van der Waals surface area contributed by atoms with Crippen molar-refractivity contribution in [3.8, 4) is 0 Å². The van der Waals surface area contributed by atoms with Gasteiger partial charge in [-0.15, -0.1) is 11.8 Å². The number of benzene rings is 1. The monoisotopic (exact) mass is 378 g/mol. The molecule has 0 aromatic heterocycles. The van der Waals surface area contributed by atoms with Gasteiger partial charge in [-0.3, -0.25) is 0 Å². The molecular weight excluding hydrogens is 364 g/mol. The highest BCUT2D eigenvalue weighted by atomic mass is 79.9. The van der Waals surface area contributed by atoms with Gasteiger partial charge in [-0.25, -0.2) is 0 Å². The third-order valence-corrected chi connectivity index (χ3v) is 10.7. The molecule has 88 valence electrons. The van der Waals surface area contributed by atoms with Gasteiger partial charge in [-0.05, 0) is 17.7 Å². The molecule has 0 aliphatic heterocycles. The highest BCUT2D eigenvalue weighted by Gasteiger charge is 2.66. The molecule has 0 saturated heterocycles. The smallest absolute Gasteiger partial charge is 0.0943 e. The second kappa shape index (κ2) is 4.45. The molecule has 1 aliphatic carbocycles. The summed E-state index contributed by atoms with van der Waals surface area (Å²) in [5.41, 5.74) is 0.796. The molecule has 16 heavy (non-hydrogen) atoms. The van der Waals surface area contributed by atoms with Crippen LogP contribution in [-0.4, -0.2) is 16.6 Å². The predicted octanol–water partition coefficient (Wildman–Crippen LogP) is 5.36. The van der Waals surface area contributed by atoms with Crippen LogP contribution in [0.15, 0.2) is 35.2 Å². The van der Waals surface area contributed by atoms with Crippen molar-refractivity contribution in [3.63, 3.8) is 0 Å². The van der Waals surface area contributed by atoms with Gasteiger partial charge in [0.1, 0.15) is 0 Å². The first-order chi connectivity index (χ1) is 7.33. The van der Waals surface area contributed by atoms with Crippen LogP contribution in [0.5, 0.6) is 0 Å². The molecule has 0 heterocycles. The number of hydrogen-bond acceptors (Lipinski definition) is 1. The summed E-state index contributed by atoms with van der Waals surface area (Å²) in [6.45, 7) is 7.33. The largest absolute Gasteiger partial charge is 0.120 e. The number of hydrogen-bond donors (Lipinski definition) is 0. The van der Waals surface area contributed by atoms with Crippen molar-refractivity contribution in [1.82, 2.24) is 0 Å². The van der Waals surface area contributed by atoms with Crippen LogP contribution in [0, 0.1) is 0 Å². The summed E-state index contributed by atoms with van der Waals surface area (Å²) in [7, 11) is -1.09. The van der Waals surface area contributed by atoms with Crippen LogP contribution in [0.2, 0.25) is 25.2 Å².